The quantitative estimate of drug-likeness (QED) is 0.774. The van der Waals surface area contributed by atoms with Gasteiger partial charge < -0.3 is 15.2 Å². The molecule has 0 aliphatic heterocycles. The van der Waals surface area contributed by atoms with Crippen LogP contribution in [-0.4, -0.2) is 30.3 Å². The second kappa shape index (κ2) is 8.03. The molecule has 1 aromatic carbocycles. The summed E-state index contributed by atoms with van der Waals surface area (Å²) in [5.41, 5.74) is 0.579. The van der Waals surface area contributed by atoms with Crippen LogP contribution in [0.25, 0.3) is 0 Å². The zero-order valence-electron chi connectivity index (χ0n) is 13.5. The Labute approximate surface area is 127 Å². The highest BCUT2D eigenvalue weighted by Gasteiger charge is 2.18. The number of rotatable bonds is 8. The summed E-state index contributed by atoms with van der Waals surface area (Å²) in [4.78, 5) is 12.2. The van der Waals surface area contributed by atoms with Crippen molar-refractivity contribution in [2.45, 2.75) is 46.6 Å². The molecule has 2 N–H and O–H groups in total. The van der Waals surface area contributed by atoms with Crippen molar-refractivity contribution in [3.63, 3.8) is 0 Å². The van der Waals surface area contributed by atoms with E-state index in [0.717, 1.165) is 12.8 Å². The first-order chi connectivity index (χ1) is 9.84. The fourth-order valence-corrected chi connectivity index (χ4v) is 2.05. The third-order valence-electron chi connectivity index (χ3n) is 3.21. The molecule has 1 aromatic rings. The van der Waals surface area contributed by atoms with E-state index in [0.29, 0.717) is 17.9 Å². The van der Waals surface area contributed by atoms with E-state index in [4.69, 9.17) is 9.84 Å². The highest BCUT2D eigenvalue weighted by atomic mass is 16.5. The van der Waals surface area contributed by atoms with Crippen LogP contribution < -0.4 is 10.1 Å². The van der Waals surface area contributed by atoms with Gasteiger partial charge in [-0.15, -0.1) is 0 Å². The van der Waals surface area contributed by atoms with E-state index in [2.05, 4.69) is 19.2 Å². The first-order valence-corrected chi connectivity index (χ1v) is 7.50. The van der Waals surface area contributed by atoms with Crippen LogP contribution in [0.4, 0.5) is 0 Å². The minimum Gasteiger partial charge on any atom is -0.491 e. The first kappa shape index (κ1) is 17.5. The van der Waals surface area contributed by atoms with Crippen LogP contribution in [0.1, 0.15) is 50.9 Å². The zero-order valence-corrected chi connectivity index (χ0v) is 13.5. The van der Waals surface area contributed by atoms with Gasteiger partial charge in [0.1, 0.15) is 5.75 Å². The number of carbonyl (C=O) groups excluding carboxylic acids is 1. The van der Waals surface area contributed by atoms with E-state index < -0.39 is 0 Å². The largest absolute Gasteiger partial charge is 0.491 e. The minimum atomic E-state index is -0.0960. The molecule has 1 rings (SSSR count). The van der Waals surface area contributed by atoms with E-state index >= 15 is 0 Å². The predicted octanol–water partition coefficient (Wildman–Crippen LogP) is 3.00. The molecule has 0 spiro atoms. The van der Waals surface area contributed by atoms with Gasteiger partial charge in [-0.05, 0) is 50.3 Å². The van der Waals surface area contributed by atoms with E-state index in [9.17, 15) is 4.79 Å². The number of aliphatic hydroxyl groups is 1. The molecule has 0 aromatic heterocycles. The summed E-state index contributed by atoms with van der Waals surface area (Å²) in [7, 11) is 0. The average Bonchev–Trinajstić information content (AvgIpc) is 2.42. The van der Waals surface area contributed by atoms with Crippen LogP contribution in [0.3, 0.4) is 0 Å². The number of hydrogen-bond donors (Lipinski definition) is 2. The molecule has 118 valence electrons. The Morgan fingerprint density at radius 3 is 2.71 bits per heavy atom. The molecular formula is C17H27NO3. The topological polar surface area (TPSA) is 58.6 Å². The van der Waals surface area contributed by atoms with Crippen LogP contribution in [-0.2, 0) is 0 Å². The van der Waals surface area contributed by atoms with Crippen molar-refractivity contribution in [3.8, 4) is 5.75 Å². The molecule has 21 heavy (non-hydrogen) atoms. The predicted molar refractivity (Wildman–Crippen MR) is 84.6 cm³/mol. The van der Waals surface area contributed by atoms with Crippen molar-refractivity contribution < 1.29 is 14.6 Å². The molecule has 4 nitrogen and oxygen atoms in total. The second-order valence-corrected chi connectivity index (χ2v) is 6.37. The molecule has 0 bridgehead atoms. The normalized spacial score (nSPS) is 11.5. The Bertz CT molecular complexity index is 455. The van der Waals surface area contributed by atoms with Gasteiger partial charge in [0.25, 0.3) is 5.91 Å². The summed E-state index contributed by atoms with van der Waals surface area (Å²) < 4.78 is 5.60. The molecule has 0 saturated heterocycles. The van der Waals surface area contributed by atoms with Crippen molar-refractivity contribution in [1.82, 2.24) is 5.32 Å². The van der Waals surface area contributed by atoms with Gasteiger partial charge in [-0.1, -0.05) is 19.9 Å². The van der Waals surface area contributed by atoms with Crippen molar-refractivity contribution in [3.05, 3.63) is 29.8 Å². The Balaban J connectivity index is 2.59. The van der Waals surface area contributed by atoms with Crippen molar-refractivity contribution in [2.24, 2.45) is 5.41 Å². The molecule has 0 saturated carbocycles. The summed E-state index contributed by atoms with van der Waals surface area (Å²) in [5.74, 6) is 0.610. The van der Waals surface area contributed by atoms with Gasteiger partial charge in [0.2, 0.25) is 0 Å². The standard InChI is InChI=1S/C17H27NO3/c1-13(2)21-15-8-5-7-14(11-15)16(20)18-12-17(3,4)9-6-10-19/h5,7-8,11,13,19H,6,9-10,12H2,1-4H3,(H,18,20). The van der Waals surface area contributed by atoms with Crippen LogP contribution in [0.15, 0.2) is 24.3 Å². The molecule has 0 fully saturated rings. The highest BCUT2D eigenvalue weighted by molar-refractivity contribution is 5.94. The molecule has 0 heterocycles. The SMILES string of the molecule is CC(C)Oc1cccc(C(=O)NCC(C)(C)CCCO)c1. The smallest absolute Gasteiger partial charge is 0.251 e. The Morgan fingerprint density at radius 1 is 1.38 bits per heavy atom. The fourth-order valence-electron chi connectivity index (χ4n) is 2.05. The van der Waals surface area contributed by atoms with E-state index in [1.807, 2.05) is 26.0 Å². The van der Waals surface area contributed by atoms with Crippen LogP contribution in [0.5, 0.6) is 5.75 Å². The summed E-state index contributed by atoms with van der Waals surface area (Å²) in [6.45, 7) is 8.85. The van der Waals surface area contributed by atoms with Gasteiger partial charge in [0.15, 0.2) is 0 Å². The van der Waals surface area contributed by atoms with Gasteiger partial charge in [-0.3, -0.25) is 4.79 Å². The van der Waals surface area contributed by atoms with Gasteiger partial charge in [-0.2, -0.15) is 0 Å². The van der Waals surface area contributed by atoms with Crippen molar-refractivity contribution in [1.29, 1.82) is 0 Å². The Kier molecular flexibility index (Phi) is 6.69. The number of aliphatic hydroxyl groups excluding tert-OH is 1. The van der Waals surface area contributed by atoms with Crippen LogP contribution in [0.2, 0.25) is 0 Å². The summed E-state index contributed by atoms with van der Waals surface area (Å²) in [5, 5.41) is 11.8. The molecule has 0 aliphatic rings. The fraction of sp³-hybridized carbons (Fsp3) is 0.588. The Hall–Kier alpha value is -1.55. The maximum absolute atomic E-state index is 12.2. The van der Waals surface area contributed by atoms with E-state index in [1.54, 1.807) is 12.1 Å². The molecule has 0 atom stereocenters. The lowest BCUT2D eigenvalue weighted by molar-refractivity contribution is 0.0932. The average molecular weight is 293 g/mol. The third kappa shape index (κ3) is 6.63. The number of carbonyl (C=O) groups is 1. The maximum atomic E-state index is 12.2. The van der Waals surface area contributed by atoms with Gasteiger partial charge >= 0.3 is 0 Å². The monoisotopic (exact) mass is 293 g/mol. The molecule has 0 unspecified atom stereocenters. The van der Waals surface area contributed by atoms with Gasteiger partial charge in [0.05, 0.1) is 6.10 Å². The third-order valence-corrected chi connectivity index (χ3v) is 3.21. The molecule has 1 amide bonds. The van der Waals surface area contributed by atoms with E-state index in [-0.39, 0.29) is 24.0 Å². The molecule has 0 aliphatic carbocycles. The second-order valence-electron chi connectivity index (χ2n) is 6.37. The summed E-state index contributed by atoms with van der Waals surface area (Å²) in [6.07, 6.45) is 1.71. The highest BCUT2D eigenvalue weighted by Crippen LogP contribution is 2.21. The van der Waals surface area contributed by atoms with E-state index in [1.165, 1.54) is 0 Å². The molecular weight excluding hydrogens is 266 g/mol. The molecule has 0 radical (unpaired) electrons. The number of hydrogen-bond acceptors (Lipinski definition) is 3. The lowest BCUT2D eigenvalue weighted by Gasteiger charge is -2.24. The first-order valence-electron chi connectivity index (χ1n) is 7.50. The van der Waals surface area contributed by atoms with Crippen LogP contribution in [0, 0.1) is 5.41 Å². The van der Waals surface area contributed by atoms with Gasteiger partial charge in [-0.25, -0.2) is 0 Å². The number of ether oxygens (including phenoxy) is 1. The zero-order chi connectivity index (χ0) is 15.9. The van der Waals surface area contributed by atoms with Crippen LogP contribution >= 0.6 is 0 Å². The van der Waals surface area contributed by atoms with Crippen molar-refractivity contribution in [2.75, 3.05) is 13.2 Å². The lowest BCUT2D eigenvalue weighted by Crippen LogP contribution is -2.34. The number of benzene rings is 1. The van der Waals surface area contributed by atoms with Gasteiger partial charge in [0, 0.05) is 18.7 Å². The Morgan fingerprint density at radius 2 is 2.10 bits per heavy atom. The molecule has 4 heteroatoms. The van der Waals surface area contributed by atoms with Crippen molar-refractivity contribution >= 4 is 5.91 Å². The summed E-state index contributed by atoms with van der Waals surface area (Å²) in [6, 6.07) is 7.21. The maximum Gasteiger partial charge on any atom is 0.251 e. The minimum absolute atomic E-state index is 0.0234. The number of nitrogens with one attached hydrogen (secondary N) is 1. The lowest BCUT2D eigenvalue weighted by atomic mass is 9.88. The number of amides is 1. The summed E-state index contributed by atoms with van der Waals surface area (Å²) >= 11 is 0.